The molecule has 0 amide bonds. The van der Waals surface area contributed by atoms with E-state index in [1.807, 2.05) is 24.3 Å². The number of carboxylic acids is 1. The largest absolute Gasteiger partial charge is 0.478 e. The van der Waals surface area contributed by atoms with Crippen LogP contribution in [0.3, 0.4) is 0 Å². The molecule has 2 heteroatoms. The van der Waals surface area contributed by atoms with Crippen LogP contribution in [-0.4, -0.2) is 11.1 Å². The van der Waals surface area contributed by atoms with Crippen LogP contribution in [0.15, 0.2) is 78.9 Å². The molecular weight excluding hydrogens is 320 g/mol. The molecule has 2 nitrogen and oxygen atoms in total. The summed E-state index contributed by atoms with van der Waals surface area (Å²) < 4.78 is 0. The highest BCUT2D eigenvalue weighted by Crippen LogP contribution is 2.25. The summed E-state index contributed by atoms with van der Waals surface area (Å²) >= 11 is 0. The highest BCUT2D eigenvalue weighted by Gasteiger charge is 2.02. The van der Waals surface area contributed by atoms with E-state index in [-0.39, 0.29) is 5.56 Å². The molecule has 1 N–H and O–H groups in total. The Balaban J connectivity index is 1.81. The lowest BCUT2D eigenvalue weighted by molar-refractivity contribution is 0.0697. The van der Waals surface area contributed by atoms with E-state index in [0.717, 1.165) is 11.1 Å². The summed E-state index contributed by atoms with van der Waals surface area (Å²) in [5, 5.41) is 8.91. The highest BCUT2D eigenvalue weighted by atomic mass is 16.4. The first-order chi connectivity index (χ1) is 12.6. The van der Waals surface area contributed by atoms with Gasteiger partial charge in [0.15, 0.2) is 0 Å². The van der Waals surface area contributed by atoms with Gasteiger partial charge in [0.1, 0.15) is 0 Å². The van der Waals surface area contributed by atoms with E-state index in [1.54, 1.807) is 24.3 Å². The molecule has 26 heavy (non-hydrogen) atoms. The maximum atomic E-state index is 10.9. The van der Waals surface area contributed by atoms with Crippen molar-refractivity contribution in [2.75, 3.05) is 0 Å². The van der Waals surface area contributed by atoms with Crippen LogP contribution < -0.4 is 0 Å². The molecule has 0 heterocycles. The summed E-state index contributed by atoms with van der Waals surface area (Å²) in [6.07, 6.45) is 3.82. The van der Waals surface area contributed by atoms with Crippen LogP contribution >= 0.6 is 0 Å². The van der Waals surface area contributed by atoms with E-state index in [9.17, 15) is 4.79 Å². The van der Waals surface area contributed by atoms with Gasteiger partial charge in [-0.05, 0) is 60.0 Å². The Morgan fingerprint density at radius 1 is 0.962 bits per heavy atom. The van der Waals surface area contributed by atoms with Crippen molar-refractivity contribution >= 4 is 12.0 Å². The average molecular weight is 338 g/mol. The Bertz CT molecular complexity index is 1020. The van der Waals surface area contributed by atoms with Gasteiger partial charge in [-0.2, -0.15) is 0 Å². The molecule has 0 aliphatic carbocycles. The average Bonchev–Trinajstić information content (AvgIpc) is 2.66. The van der Waals surface area contributed by atoms with Crippen LogP contribution in [0, 0.1) is 18.8 Å². The van der Waals surface area contributed by atoms with Crippen LogP contribution in [0.1, 0.15) is 27.0 Å². The Morgan fingerprint density at radius 3 is 2.46 bits per heavy atom. The number of rotatable bonds is 3. The van der Waals surface area contributed by atoms with Gasteiger partial charge in [-0.15, -0.1) is 0 Å². The first kappa shape index (κ1) is 17.3. The first-order valence-corrected chi connectivity index (χ1v) is 8.31. The van der Waals surface area contributed by atoms with E-state index in [0.29, 0.717) is 0 Å². The van der Waals surface area contributed by atoms with Gasteiger partial charge < -0.3 is 5.11 Å². The highest BCUT2D eigenvalue weighted by molar-refractivity contribution is 5.87. The fourth-order valence-corrected chi connectivity index (χ4v) is 2.67. The number of carbonyl (C=O) groups is 1. The van der Waals surface area contributed by atoms with Gasteiger partial charge in [0, 0.05) is 5.56 Å². The first-order valence-electron chi connectivity index (χ1n) is 8.31. The minimum absolute atomic E-state index is 0.262. The van der Waals surface area contributed by atoms with Gasteiger partial charge in [0.25, 0.3) is 0 Å². The van der Waals surface area contributed by atoms with Gasteiger partial charge in [-0.25, -0.2) is 4.79 Å². The third kappa shape index (κ3) is 4.28. The molecule has 0 unspecified atom stereocenters. The van der Waals surface area contributed by atoms with Crippen molar-refractivity contribution in [2.45, 2.75) is 6.92 Å². The van der Waals surface area contributed by atoms with E-state index in [2.05, 4.69) is 55.2 Å². The number of hydrogen-bond acceptors (Lipinski definition) is 1. The maximum absolute atomic E-state index is 10.9. The van der Waals surface area contributed by atoms with E-state index >= 15 is 0 Å². The molecule has 0 aliphatic heterocycles. The number of carboxylic acid groups (broad SMARTS) is 1. The summed E-state index contributed by atoms with van der Waals surface area (Å²) in [7, 11) is 0. The van der Waals surface area contributed by atoms with Crippen LogP contribution in [0.4, 0.5) is 0 Å². The standard InChI is InChI=1S/C24H18O2/c1-18-7-6-11-22(17-18)23-12-5-4-10-20(23)9-3-2-8-19-13-15-21(16-14-19)24(25)26/h3-7,9-17H,1H3,(H,25,26). The van der Waals surface area contributed by atoms with Gasteiger partial charge >= 0.3 is 5.97 Å². The lowest BCUT2D eigenvalue weighted by atomic mass is 9.98. The number of allylic oxidation sites excluding steroid dienone is 1. The van der Waals surface area contributed by atoms with Crippen molar-refractivity contribution in [3.8, 4) is 23.0 Å². The fraction of sp³-hybridized carbons (Fsp3) is 0.0417. The molecular formula is C24H18O2. The smallest absolute Gasteiger partial charge is 0.335 e. The second-order valence-corrected chi connectivity index (χ2v) is 5.94. The number of hydrogen-bond donors (Lipinski definition) is 1. The minimum atomic E-state index is -0.933. The van der Waals surface area contributed by atoms with Crippen molar-refractivity contribution in [1.29, 1.82) is 0 Å². The van der Waals surface area contributed by atoms with Crippen LogP contribution in [0.2, 0.25) is 0 Å². The summed E-state index contributed by atoms with van der Waals surface area (Å²) in [5.74, 6) is 5.10. The molecule has 0 aliphatic rings. The molecule has 0 saturated carbocycles. The van der Waals surface area contributed by atoms with Crippen molar-refractivity contribution < 1.29 is 9.90 Å². The Labute approximate surface area is 153 Å². The molecule has 0 fully saturated rings. The van der Waals surface area contributed by atoms with E-state index in [1.165, 1.54) is 16.7 Å². The Morgan fingerprint density at radius 2 is 1.73 bits per heavy atom. The van der Waals surface area contributed by atoms with Crippen LogP contribution in [0.5, 0.6) is 0 Å². The predicted octanol–water partition coefficient (Wildman–Crippen LogP) is 5.43. The molecule has 0 saturated heterocycles. The van der Waals surface area contributed by atoms with Crippen molar-refractivity contribution in [3.63, 3.8) is 0 Å². The second-order valence-electron chi connectivity index (χ2n) is 5.94. The molecule has 3 rings (SSSR count). The molecule has 0 radical (unpaired) electrons. The Kier molecular flexibility index (Phi) is 5.31. The van der Waals surface area contributed by atoms with E-state index < -0.39 is 5.97 Å². The van der Waals surface area contributed by atoms with Crippen LogP contribution in [0.25, 0.3) is 17.2 Å². The quantitative estimate of drug-likeness (QED) is 0.647. The third-order valence-electron chi connectivity index (χ3n) is 3.98. The molecule has 0 aromatic heterocycles. The van der Waals surface area contributed by atoms with Gasteiger partial charge in [0.05, 0.1) is 5.56 Å². The van der Waals surface area contributed by atoms with Crippen molar-refractivity contribution in [3.05, 3.63) is 101 Å². The second kappa shape index (κ2) is 8.00. The third-order valence-corrected chi connectivity index (χ3v) is 3.98. The van der Waals surface area contributed by atoms with Gasteiger partial charge in [-0.1, -0.05) is 65.9 Å². The molecule has 3 aromatic rings. The Hall–Kier alpha value is -3.57. The molecule has 0 bridgehead atoms. The number of aromatic carboxylic acids is 1. The zero-order chi connectivity index (χ0) is 18.4. The summed E-state index contributed by atoms with van der Waals surface area (Å²) in [4.78, 5) is 10.9. The zero-order valence-corrected chi connectivity index (χ0v) is 14.4. The minimum Gasteiger partial charge on any atom is -0.478 e. The van der Waals surface area contributed by atoms with Crippen LogP contribution in [-0.2, 0) is 0 Å². The maximum Gasteiger partial charge on any atom is 0.335 e. The fourth-order valence-electron chi connectivity index (χ4n) is 2.67. The lowest BCUT2D eigenvalue weighted by Gasteiger charge is -2.06. The van der Waals surface area contributed by atoms with E-state index in [4.69, 9.17) is 5.11 Å². The summed E-state index contributed by atoms with van der Waals surface area (Å²) in [5.41, 5.74) is 5.73. The normalized spacial score (nSPS) is 10.3. The molecule has 126 valence electrons. The number of aryl methyl sites for hydroxylation is 1. The molecule has 3 aromatic carbocycles. The lowest BCUT2D eigenvalue weighted by Crippen LogP contribution is -1.94. The van der Waals surface area contributed by atoms with Crippen molar-refractivity contribution in [1.82, 2.24) is 0 Å². The SMILES string of the molecule is Cc1cccc(-c2ccccc2C=CC#Cc2ccc(C(=O)O)cc2)c1. The van der Waals surface area contributed by atoms with Crippen molar-refractivity contribution in [2.24, 2.45) is 0 Å². The number of benzene rings is 3. The molecule has 0 atom stereocenters. The summed E-state index contributed by atoms with van der Waals surface area (Å²) in [6.45, 7) is 2.09. The van der Waals surface area contributed by atoms with Gasteiger partial charge in [0.2, 0.25) is 0 Å². The zero-order valence-electron chi connectivity index (χ0n) is 14.4. The monoisotopic (exact) mass is 338 g/mol. The molecule has 0 spiro atoms. The summed E-state index contributed by atoms with van der Waals surface area (Å²) in [6, 6.07) is 23.2. The predicted molar refractivity (Wildman–Crippen MR) is 106 cm³/mol. The topological polar surface area (TPSA) is 37.3 Å². The van der Waals surface area contributed by atoms with Gasteiger partial charge in [-0.3, -0.25) is 0 Å².